The zero-order valence-electron chi connectivity index (χ0n) is 19.0. The zero-order valence-corrected chi connectivity index (χ0v) is 19.8. The van der Waals surface area contributed by atoms with Crippen LogP contribution in [0.15, 0.2) is 102 Å². The Morgan fingerprint density at radius 2 is 1.22 bits per heavy atom. The van der Waals surface area contributed by atoms with Gasteiger partial charge in [-0.3, -0.25) is 0 Å². The van der Waals surface area contributed by atoms with Crippen LogP contribution in [0.25, 0.3) is 6.08 Å². The Morgan fingerprint density at radius 1 is 0.688 bits per heavy atom. The first-order valence-electron chi connectivity index (χ1n) is 10.5. The molecule has 3 aromatic rings. The Bertz CT molecular complexity index is 1160. The van der Waals surface area contributed by atoms with Gasteiger partial charge in [-0.05, 0) is 47.5 Å². The van der Waals surface area contributed by atoms with E-state index < -0.39 is 15.1 Å². The molecule has 0 aliphatic heterocycles. The average molecular weight is 447 g/mol. The predicted molar refractivity (Wildman–Crippen MR) is 136 cm³/mol. The third-order valence-corrected chi connectivity index (χ3v) is 7.27. The number of sulfone groups is 1. The van der Waals surface area contributed by atoms with E-state index >= 15 is 0 Å². The molecule has 4 nitrogen and oxygen atoms in total. The van der Waals surface area contributed by atoms with Gasteiger partial charge in [0.25, 0.3) is 0 Å². The maximum atomic E-state index is 13.4. The molecule has 0 aliphatic rings. The van der Waals surface area contributed by atoms with E-state index in [2.05, 4.69) is 12.1 Å². The lowest BCUT2D eigenvalue weighted by molar-refractivity contribution is 0.590. The van der Waals surface area contributed by atoms with E-state index in [0.29, 0.717) is 4.90 Å². The standard InChI is InChI=1S/C27H30N2O2S/c1-28(2)24-18-14-22(15-19-24)10-8-9-13-27(23-16-20-25(21-17-23)29(3)4)32(30,31)26-11-6-5-7-12-26/h5-21,27H,1-4H3/b10-8+,13-9+. The van der Waals surface area contributed by atoms with E-state index in [1.165, 1.54) is 0 Å². The summed E-state index contributed by atoms with van der Waals surface area (Å²) in [7, 11) is 4.35. The Balaban J connectivity index is 1.90. The lowest BCUT2D eigenvalue weighted by Gasteiger charge is -2.17. The first kappa shape index (κ1) is 23.4. The van der Waals surface area contributed by atoms with Gasteiger partial charge in [0, 0.05) is 39.6 Å². The van der Waals surface area contributed by atoms with Crippen LogP contribution in [0.4, 0.5) is 11.4 Å². The van der Waals surface area contributed by atoms with Crippen molar-refractivity contribution in [2.45, 2.75) is 10.1 Å². The van der Waals surface area contributed by atoms with Crippen LogP contribution in [0, 0.1) is 0 Å². The number of allylic oxidation sites excluding steroid dienone is 2. The third kappa shape index (κ3) is 5.68. The van der Waals surface area contributed by atoms with Crippen LogP contribution in [-0.2, 0) is 9.84 Å². The van der Waals surface area contributed by atoms with E-state index in [-0.39, 0.29) is 0 Å². The van der Waals surface area contributed by atoms with Gasteiger partial charge in [0.1, 0.15) is 5.25 Å². The van der Waals surface area contributed by atoms with E-state index in [4.69, 9.17) is 0 Å². The minimum atomic E-state index is -3.59. The monoisotopic (exact) mass is 446 g/mol. The molecule has 0 heterocycles. The second-order valence-electron chi connectivity index (χ2n) is 7.99. The van der Waals surface area contributed by atoms with Gasteiger partial charge in [0.2, 0.25) is 0 Å². The van der Waals surface area contributed by atoms with Gasteiger partial charge in [-0.1, -0.05) is 66.8 Å². The van der Waals surface area contributed by atoms with Crippen molar-refractivity contribution in [3.05, 3.63) is 108 Å². The summed E-state index contributed by atoms with van der Waals surface area (Å²) in [6.07, 6.45) is 7.41. The summed E-state index contributed by atoms with van der Waals surface area (Å²) < 4.78 is 26.9. The molecule has 1 unspecified atom stereocenters. The summed E-state index contributed by atoms with van der Waals surface area (Å²) in [5.74, 6) is 0. The molecule has 5 heteroatoms. The molecule has 0 radical (unpaired) electrons. The molecule has 0 N–H and O–H groups in total. The van der Waals surface area contributed by atoms with Crippen molar-refractivity contribution in [3.63, 3.8) is 0 Å². The fourth-order valence-corrected chi connectivity index (χ4v) is 4.97. The van der Waals surface area contributed by atoms with Crippen LogP contribution >= 0.6 is 0 Å². The van der Waals surface area contributed by atoms with Crippen LogP contribution in [0.3, 0.4) is 0 Å². The number of anilines is 2. The molecule has 0 amide bonds. The van der Waals surface area contributed by atoms with Gasteiger partial charge in [0.15, 0.2) is 9.84 Å². The summed E-state index contributed by atoms with van der Waals surface area (Å²) in [4.78, 5) is 4.35. The summed E-state index contributed by atoms with van der Waals surface area (Å²) in [5, 5.41) is -0.776. The average Bonchev–Trinajstić information content (AvgIpc) is 2.80. The number of rotatable bonds is 8. The number of hydrogen-bond acceptors (Lipinski definition) is 4. The van der Waals surface area contributed by atoms with Crippen LogP contribution < -0.4 is 9.80 Å². The summed E-state index contributed by atoms with van der Waals surface area (Å²) in [5.41, 5.74) is 3.94. The van der Waals surface area contributed by atoms with Crippen molar-refractivity contribution in [1.29, 1.82) is 0 Å². The van der Waals surface area contributed by atoms with Gasteiger partial charge in [-0.25, -0.2) is 8.42 Å². The van der Waals surface area contributed by atoms with Crippen LogP contribution in [0.5, 0.6) is 0 Å². The highest BCUT2D eigenvalue weighted by Crippen LogP contribution is 2.31. The summed E-state index contributed by atoms with van der Waals surface area (Å²) in [6, 6.07) is 24.5. The zero-order chi connectivity index (χ0) is 23.1. The fraction of sp³-hybridized carbons (Fsp3) is 0.185. The Morgan fingerprint density at radius 3 is 1.75 bits per heavy atom. The molecule has 32 heavy (non-hydrogen) atoms. The second kappa shape index (κ2) is 10.3. The Labute approximate surface area is 192 Å². The van der Waals surface area contributed by atoms with Crippen molar-refractivity contribution in [2.24, 2.45) is 0 Å². The Hall–Kier alpha value is -3.31. The minimum Gasteiger partial charge on any atom is -0.378 e. The lowest BCUT2D eigenvalue weighted by atomic mass is 10.1. The van der Waals surface area contributed by atoms with Gasteiger partial charge in [-0.2, -0.15) is 0 Å². The van der Waals surface area contributed by atoms with Crippen LogP contribution in [-0.4, -0.2) is 36.6 Å². The topological polar surface area (TPSA) is 40.6 Å². The van der Waals surface area contributed by atoms with Gasteiger partial charge in [-0.15, -0.1) is 0 Å². The predicted octanol–water partition coefficient (Wildman–Crippen LogP) is 5.60. The fourth-order valence-electron chi connectivity index (χ4n) is 3.33. The SMILES string of the molecule is CN(C)c1ccc(/C=C/C=C/C(c2ccc(N(C)C)cc2)S(=O)(=O)c2ccccc2)cc1. The molecule has 3 rings (SSSR count). The molecule has 0 aromatic heterocycles. The van der Waals surface area contributed by atoms with E-state index in [1.54, 1.807) is 30.3 Å². The summed E-state index contributed by atoms with van der Waals surface area (Å²) >= 11 is 0. The first-order valence-corrected chi connectivity index (χ1v) is 12.0. The van der Waals surface area contributed by atoms with Crippen molar-refractivity contribution < 1.29 is 8.42 Å². The van der Waals surface area contributed by atoms with Crippen molar-refractivity contribution in [2.75, 3.05) is 38.0 Å². The largest absolute Gasteiger partial charge is 0.378 e. The number of nitrogens with zero attached hydrogens (tertiary/aromatic N) is 2. The number of benzene rings is 3. The molecule has 0 spiro atoms. The second-order valence-corrected chi connectivity index (χ2v) is 10.1. The van der Waals surface area contributed by atoms with Crippen LogP contribution in [0.1, 0.15) is 16.4 Å². The van der Waals surface area contributed by atoms with Gasteiger partial charge >= 0.3 is 0 Å². The molecule has 0 fully saturated rings. The maximum Gasteiger partial charge on any atom is 0.188 e. The molecule has 0 aliphatic carbocycles. The molecular weight excluding hydrogens is 416 g/mol. The highest BCUT2D eigenvalue weighted by molar-refractivity contribution is 7.91. The smallest absolute Gasteiger partial charge is 0.188 e. The molecule has 166 valence electrons. The number of hydrogen-bond donors (Lipinski definition) is 0. The minimum absolute atomic E-state index is 0.314. The van der Waals surface area contributed by atoms with Gasteiger partial charge < -0.3 is 9.80 Å². The molecule has 1 atom stereocenters. The molecule has 0 saturated carbocycles. The van der Waals surface area contributed by atoms with Crippen LogP contribution in [0.2, 0.25) is 0 Å². The lowest BCUT2D eigenvalue weighted by Crippen LogP contribution is -2.13. The van der Waals surface area contributed by atoms with Crippen molar-refractivity contribution >= 4 is 27.3 Å². The summed E-state index contributed by atoms with van der Waals surface area (Å²) in [6.45, 7) is 0. The molecule has 0 saturated heterocycles. The van der Waals surface area contributed by atoms with Crippen molar-refractivity contribution in [1.82, 2.24) is 0 Å². The van der Waals surface area contributed by atoms with E-state index in [1.807, 2.05) is 98.7 Å². The maximum absolute atomic E-state index is 13.4. The molecule has 0 bridgehead atoms. The Kier molecular flexibility index (Phi) is 7.54. The highest BCUT2D eigenvalue weighted by atomic mass is 32.2. The quantitative estimate of drug-likeness (QED) is 0.422. The molecular formula is C27H30N2O2S. The first-order chi connectivity index (χ1) is 15.3. The van der Waals surface area contributed by atoms with Gasteiger partial charge in [0.05, 0.1) is 4.90 Å². The van der Waals surface area contributed by atoms with Crippen molar-refractivity contribution in [3.8, 4) is 0 Å². The third-order valence-electron chi connectivity index (χ3n) is 5.24. The highest BCUT2D eigenvalue weighted by Gasteiger charge is 2.26. The molecule has 3 aromatic carbocycles. The van der Waals surface area contributed by atoms with E-state index in [9.17, 15) is 8.42 Å². The van der Waals surface area contributed by atoms with E-state index in [0.717, 1.165) is 22.5 Å². The normalized spacial score (nSPS) is 12.9.